The van der Waals surface area contributed by atoms with Crippen molar-refractivity contribution in [3.8, 4) is 0 Å². The number of carbonyl (C=O) groups excluding carboxylic acids is 2. The van der Waals surface area contributed by atoms with Crippen LogP contribution in [0.2, 0.25) is 0 Å². The maximum Gasteiger partial charge on any atom is 0.407 e. The predicted octanol–water partition coefficient (Wildman–Crippen LogP) is 2.52. The van der Waals surface area contributed by atoms with Gasteiger partial charge in [0.05, 0.1) is 0 Å². The van der Waals surface area contributed by atoms with Crippen molar-refractivity contribution in [3.05, 3.63) is 0 Å². The molecule has 138 valence electrons. The molecule has 0 aliphatic heterocycles. The highest BCUT2D eigenvalue weighted by Crippen LogP contribution is 2.31. The highest BCUT2D eigenvalue weighted by Gasteiger charge is 2.37. The first-order chi connectivity index (χ1) is 10.8. The molecular weight excluding hydrogens is 310 g/mol. The molecule has 1 aliphatic rings. The van der Waals surface area contributed by atoms with E-state index in [1.54, 1.807) is 20.8 Å². The molecule has 1 rings (SSSR count). The first-order valence-electron chi connectivity index (χ1n) is 8.46. The van der Waals surface area contributed by atoms with Gasteiger partial charge >= 0.3 is 6.09 Å². The summed E-state index contributed by atoms with van der Waals surface area (Å²) in [5, 5.41) is 9.46. The van der Waals surface area contributed by atoms with Crippen molar-refractivity contribution in [2.45, 2.75) is 78.8 Å². The first kappa shape index (κ1) is 20.3. The summed E-state index contributed by atoms with van der Waals surface area (Å²) in [6.45, 7) is 10.9. The first-order valence-corrected chi connectivity index (χ1v) is 8.46. The van der Waals surface area contributed by atoms with Gasteiger partial charge in [0.25, 0.3) is 0 Å². The van der Waals surface area contributed by atoms with Gasteiger partial charge in [0.2, 0.25) is 11.8 Å². The fourth-order valence-corrected chi connectivity index (χ4v) is 2.99. The Morgan fingerprint density at radius 2 is 1.42 bits per heavy atom. The van der Waals surface area contributed by atoms with E-state index in [0.717, 1.165) is 0 Å². The molecule has 7 nitrogen and oxygen atoms in total. The minimum Gasteiger partial charge on any atom is -0.465 e. The zero-order valence-corrected chi connectivity index (χ0v) is 15.6. The predicted molar refractivity (Wildman–Crippen MR) is 91.1 cm³/mol. The SMILES string of the molecule is CC(C)(C)C(=O)NNC(=O)[C@H]1CC[C@H](N(C(=O)O)C(C)(C)C)CC1. The molecule has 1 saturated carbocycles. The smallest absolute Gasteiger partial charge is 0.407 e. The monoisotopic (exact) mass is 341 g/mol. The van der Waals surface area contributed by atoms with E-state index in [1.165, 1.54) is 4.90 Å². The lowest BCUT2D eigenvalue weighted by Crippen LogP contribution is -2.53. The Balaban J connectivity index is 2.54. The van der Waals surface area contributed by atoms with E-state index in [9.17, 15) is 19.5 Å². The van der Waals surface area contributed by atoms with Crippen LogP contribution in [0.1, 0.15) is 67.2 Å². The van der Waals surface area contributed by atoms with E-state index in [2.05, 4.69) is 10.9 Å². The molecule has 0 aromatic heterocycles. The lowest BCUT2D eigenvalue weighted by molar-refractivity contribution is -0.135. The maximum absolute atomic E-state index is 12.2. The van der Waals surface area contributed by atoms with Crippen LogP contribution in [0.3, 0.4) is 0 Å². The topological polar surface area (TPSA) is 98.7 Å². The number of hydrogen-bond donors (Lipinski definition) is 3. The lowest BCUT2D eigenvalue weighted by atomic mass is 9.83. The molecule has 0 aromatic rings. The second-order valence-corrected chi connectivity index (χ2v) is 8.52. The van der Waals surface area contributed by atoms with Crippen molar-refractivity contribution in [1.82, 2.24) is 15.8 Å². The van der Waals surface area contributed by atoms with Crippen molar-refractivity contribution >= 4 is 17.9 Å². The third-order valence-electron chi connectivity index (χ3n) is 4.34. The molecule has 0 spiro atoms. The number of carbonyl (C=O) groups is 3. The highest BCUT2D eigenvalue weighted by molar-refractivity contribution is 5.85. The summed E-state index contributed by atoms with van der Waals surface area (Å²) in [6.07, 6.45) is 1.60. The average molecular weight is 341 g/mol. The van der Waals surface area contributed by atoms with Gasteiger partial charge < -0.3 is 10.0 Å². The van der Waals surface area contributed by atoms with E-state index in [1.807, 2.05) is 20.8 Å². The highest BCUT2D eigenvalue weighted by atomic mass is 16.4. The number of hydrazine groups is 1. The molecule has 1 fully saturated rings. The van der Waals surface area contributed by atoms with Crippen LogP contribution in [-0.2, 0) is 9.59 Å². The summed E-state index contributed by atoms with van der Waals surface area (Å²) in [7, 11) is 0. The second kappa shape index (κ2) is 7.40. The molecule has 0 atom stereocenters. The number of amides is 3. The maximum atomic E-state index is 12.2. The van der Waals surface area contributed by atoms with Crippen molar-refractivity contribution in [3.63, 3.8) is 0 Å². The third-order valence-corrected chi connectivity index (χ3v) is 4.34. The van der Waals surface area contributed by atoms with Gasteiger partial charge in [-0.1, -0.05) is 20.8 Å². The standard InChI is InChI=1S/C17H31N3O4/c1-16(2,3)14(22)19-18-13(21)11-7-9-12(10-8-11)20(15(23)24)17(4,5)6/h11-12H,7-10H2,1-6H3,(H,18,21)(H,19,22)(H,23,24)/t11-,12-. The molecule has 1 aliphatic carbocycles. The van der Waals surface area contributed by atoms with Gasteiger partial charge in [0.1, 0.15) is 0 Å². The Morgan fingerprint density at radius 3 is 1.79 bits per heavy atom. The summed E-state index contributed by atoms with van der Waals surface area (Å²) in [4.78, 5) is 37.0. The normalized spacial score (nSPS) is 21.8. The van der Waals surface area contributed by atoms with Crippen LogP contribution < -0.4 is 10.9 Å². The summed E-state index contributed by atoms with van der Waals surface area (Å²) in [5.41, 5.74) is 3.90. The Hall–Kier alpha value is -1.79. The van der Waals surface area contributed by atoms with Crippen LogP contribution in [0.4, 0.5) is 4.79 Å². The van der Waals surface area contributed by atoms with Gasteiger partial charge in [-0.3, -0.25) is 20.4 Å². The number of nitrogens with one attached hydrogen (secondary N) is 2. The van der Waals surface area contributed by atoms with E-state index in [0.29, 0.717) is 25.7 Å². The Morgan fingerprint density at radius 1 is 0.917 bits per heavy atom. The summed E-state index contributed by atoms with van der Waals surface area (Å²) < 4.78 is 0. The van der Waals surface area contributed by atoms with Crippen LogP contribution in [0, 0.1) is 11.3 Å². The van der Waals surface area contributed by atoms with Gasteiger partial charge in [0.15, 0.2) is 0 Å². The molecule has 7 heteroatoms. The van der Waals surface area contributed by atoms with E-state index in [-0.39, 0.29) is 23.8 Å². The molecular formula is C17H31N3O4. The molecule has 3 amide bonds. The quantitative estimate of drug-likeness (QED) is 0.672. The van der Waals surface area contributed by atoms with Gasteiger partial charge in [-0.2, -0.15) is 0 Å². The van der Waals surface area contributed by atoms with E-state index < -0.39 is 17.0 Å². The van der Waals surface area contributed by atoms with Crippen LogP contribution in [0.15, 0.2) is 0 Å². The molecule has 0 saturated heterocycles. The van der Waals surface area contributed by atoms with Gasteiger partial charge in [-0.05, 0) is 46.5 Å². The van der Waals surface area contributed by atoms with Gasteiger partial charge in [-0.15, -0.1) is 0 Å². The van der Waals surface area contributed by atoms with Crippen LogP contribution >= 0.6 is 0 Å². The average Bonchev–Trinajstić information content (AvgIpc) is 2.42. The Labute approximate surface area is 144 Å². The molecule has 0 bridgehead atoms. The number of carboxylic acid groups (broad SMARTS) is 1. The molecule has 0 unspecified atom stereocenters. The van der Waals surface area contributed by atoms with E-state index >= 15 is 0 Å². The number of rotatable bonds is 2. The summed E-state index contributed by atoms with van der Waals surface area (Å²) >= 11 is 0. The Bertz CT molecular complexity index is 483. The second-order valence-electron chi connectivity index (χ2n) is 8.52. The zero-order valence-electron chi connectivity index (χ0n) is 15.6. The third kappa shape index (κ3) is 5.39. The zero-order chi connectivity index (χ0) is 18.7. The summed E-state index contributed by atoms with van der Waals surface area (Å²) in [6, 6.07) is -0.0734. The van der Waals surface area contributed by atoms with Crippen molar-refractivity contribution in [2.24, 2.45) is 11.3 Å². The molecule has 0 radical (unpaired) electrons. The molecule has 3 N–H and O–H groups in total. The van der Waals surface area contributed by atoms with Crippen molar-refractivity contribution < 1.29 is 19.5 Å². The van der Waals surface area contributed by atoms with Crippen LogP contribution in [-0.4, -0.2) is 39.5 Å². The van der Waals surface area contributed by atoms with Gasteiger partial charge in [0, 0.05) is 22.9 Å². The molecule has 0 aromatic carbocycles. The fraction of sp³-hybridized carbons (Fsp3) is 0.824. The lowest BCUT2D eigenvalue weighted by Gasteiger charge is -2.42. The van der Waals surface area contributed by atoms with Crippen molar-refractivity contribution in [2.75, 3.05) is 0 Å². The van der Waals surface area contributed by atoms with E-state index in [4.69, 9.17) is 0 Å². The molecule has 0 heterocycles. The minimum atomic E-state index is -0.923. The minimum absolute atomic E-state index is 0.0734. The van der Waals surface area contributed by atoms with Crippen LogP contribution in [0.25, 0.3) is 0 Å². The van der Waals surface area contributed by atoms with Crippen LogP contribution in [0.5, 0.6) is 0 Å². The fourth-order valence-electron chi connectivity index (χ4n) is 2.99. The van der Waals surface area contributed by atoms with Crippen molar-refractivity contribution in [1.29, 1.82) is 0 Å². The number of hydrogen-bond acceptors (Lipinski definition) is 3. The molecule has 24 heavy (non-hydrogen) atoms. The Kier molecular flexibility index (Phi) is 6.25. The largest absolute Gasteiger partial charge is 0.465 e. The summed E-state index contributed by atoms with van der Waals surface area (Å²) in [5.74, 6) is -0.643. The van der Waals surface area contributed by atoms with Gasteiger partial charge in [-0.25, -0.2) is 4.79 Å². The number of nitrogens with zero attached hydrogens (tertiary/aromatic N) is 1.